The second-order valence-electron chi connectivity index (χ2n) is 5.42. The van der Waals surface area contributed by atoms with E-state index in [0.29, 0.717) is 0 Å². The van der Waals surface area contributed by atoms with E-state index in [4.69, 9.17) is 10.00 Å². The molecule has 2 amide bonds. The van der Waals surface area contributed by atoms with Crippen LogP contribution in [0, 0.1) is 23.2 Å². The summed E-state index contributed by atoms with van der Waals surface area (Å²) in [5.41, 5.74) is 0. The summed E-state index contributed by atoms with van der Waals surface area (Å²) in [6, 6.07) is 1.70. The first-order valence-corrected chi connectivity index (χ1v) is 6.96. The average molecular weight is 278 g/mol. The number of nitriles is 1. The minimum absolute atomic E-state index is 0.0852. The number of ether oxygens (including phenoxy) is 1. The van der Waals surface area contributed by atoms with Gasteiger partial charge in [-0.15, -0.1) is 0 Å². The highest BCUT2D eigenvalue weighted by molar-refractivity contribution is 6.05. The molecule has 1 aliphatic carbocycles. The molecule has 2 aliphatic rings. The first-order valence-electron chi connectivity index (χ1n) is 6.96. The number of rotatable bonds is 4. The maximum Gasteiger partial charge on any atom is 0.320 e. The lowest BCUT2D eigenvalue weighted by Gasteiger charge is -2.19. The fourth-order valence-electron chi connectivity index (χ4n) is 3.04. The first-order chi connectivity index (χ1) is 9.54. The predicted octanol–water partition coefficient (Wildman–Crippen LogP) is 1.01. The first kappa shape index (κ1) is 14.5. The molecule has 6 nitrogen and oxygen atoms in total. The Morgan fingerprint density at radius 3 is 2.40 bits per heavy atom. The number of esters is 1. The smallest absolute Gasteiger partial charge is 0.320 e. The third-order valence-electron chi connectivity index (χ3n) is 3.93. The maximum absolute atomic E-state index is 12.2. The Kier molecular flexibility index (Phi) is 4.38. The van der Waals surface area contributed by atoms with Crippen molar-refractivity contribution in [3.63, 3.8) is 0 Å². The van der Waals surface area contributed by atoms with Gasteiger partial charge in [-0.3, -0.25) is 19.3 Å². The van der Waals surface area contributed by atoms with Crippen molar-refractivity contribution in [3.05, 3.63) is 0 Å². The molecule has 0 radical (unpaired) electrons. The van der Waals surface area contributed by atoms with Crippen LogP contribution >= 0.6 is 0 Å². The van der Waals surface area contributed by atoms with E-state index in [9.17, 15) is 14.4 Å². The molecule has 0 aromatic rings. The zero-order valence-electron chi connectivity index (χ0n) is 11.5. The Balaban J connectivity index is 1.95. The summed E-state index contributed by atoms with van der Waals surface area (Å²) in [5.74, 6) is -1.27. The molecule has 1 aliphatic heterocycles. The van der Waals surface area contributed by atoms with Crippen molar-refractivity contribution in [1.82, 2.24) is 4.90 Å². The Morgan fingerprint density at radius 2 is 1.90 bits per heavy atom. The van der Waals surface area contributed by atoms with Crippen LogP contribution in [-0.4, -0.2) is 35.3 Å². The second kappa shape index (κ2) is 6.04. The lowest BCUT2D eigenvalue weighted by molar-refractivity contribution is -0.152. The van der Waals surface area contributed by atoms with Gasteiger partial charge in [0.05, 0.1) is 24.4 Å². The van der Waals surface area contributed by atoms with E-state index in [2.05, 4.69) is 0 Å². The van der Waals surface area contributed by atoms with Crippen molar-refractivity contribution in [3.8, 4) is 6.07 Å². The molecule has 2 rings (SSSR count). The fraction of sp³-hybridized carbons (Fsp3) is 0.714. The summed E-state index contributed by atoms with van der Waals surface area (Å²) in [4.78, 5) is 36.9. The van der Waals surface area contributed by atoms with E-state index in [1.54, 1.807) is 13.0 Å². The van der Waals surface area contributed by atoms with Gasteiger partial charge in [-0.2, -0.15) is 5.26 Å². The molecular formula is C14H18N2O4. The summed E-state index contributed by atoms with van der Waals surface area (Å²) in [6.07, 6.45) is 2.62. The monoisotopic (exact) mass is 278 g/mol. The van der Waals surface area contributed by atoms with Gasteiger partial charge in [0.1, 0.15) is 12.5 Å². The summed E-state index contributed by atoms with van der Waals surface area (Å²) in [7, 11) is 0. The summed E-state index contributed by atoms with van der Waals surface area (Å²) in [5, 5.41) is 8.39. The number of nitrogens with zero attached hydrogens (tertiary/aromatic N) is 2. The number of likely N-dealkylation sites (tertiary alicyclic amines) is 1. The quantitative estimate of drug-likeness (QED) is 0.565. The summed E-state index contributed by atoms with van der Waals surface area (Å²) in [6.45, 7) is 1.71. The van der Waals surface area contributed by atoms with E-state index in [0.717, 1.165) is 25.7 Å². The van der Waals surface area contributed by atoms with Gasteiger partial charge in [0, 0.05) is 0 Å². The number of hydrogen-bond acceptors (Lipinski definition) is 5. The van der Waals surface area contributed by atoms with Gasteiger partial charge >= 0.3 is 5.97 Å². The molecule has 0 aromatic carbocycles. The molecule has 20 heavy (non-hydrogen) atoms. The van der Waals surface area contributed by atoms with Gasteiger partial charge in [0.15, 0.2) is 0 Å². The van der Waals surface area contributed by atoms with Crippen molar-refractivity contribution < 1.29 is 19.1 Å². The largest absolute Gasteiger partial charge is 0.460 e. The van der Waals surface area contributed by atoms with Crippen molar-refractivity contribution >= 4 is 17.8 Å². The molecule has 2 fully saturated rings. The zero-order valence-corrected chi connectivity index (χ0v) is 11.5. The molecule has 0 N–H and O–H groups in total. The fourth-order valence-corrected chi connectivity index (χ4v) is 3.04. The predicted molar refractivity (Wildman–Crippen MR) is 68.0 cm³/mol. The molecular weight excluding hydrogens is 260 g/mol. The number of carbonyl (C=O) groups is 3. The van der Waals surface area contributed by atoms with Crippen LogP contribution in [0.1, 0.15) is 39.0 Å². The standard InChI is InChI=1S/C14H18N2O4/c1-9(20-12(17)6-7-15)8-16-13(18)10-4-2-3-5-11(10)14(16)19/h9-11H,2-6,8H2,1H3. The molecule has 3 atom stereocenters. The van der Waals surface area contributed by atoms with Gasteiger partial charge in [-0.05, 0) is 19.8 Å². The van der Waals surface area contributed by atoms with Gasteiger partial charge in [0.25, 0.3) is 0 Å². The van der Waals surface area contributed by atoms with Crippen LogP contribution in [-0.2, 0) is 19.1 Å². The molecule has 1 saturated heterocycles. The molecule has 1 heterocycles. The van der Waals surface area contributed by atoms with Crippen LogP contribution in [0.15, 0.2) is 0 Å². The van der Waals surface area contributed by atoms with Crippen LogP contribution in [0.2, 0.25) is 0 Å². The molecule has 0 aromatic heterocycles. The van der Waals surface area contributed by atoms with Crippen molar-refractivity contribution in [2.24, 2.45) is 11.8 Å². The number of amides is 2. The molecule has 108 valence electrons. The van der Waals surface area contributed by atoms with Gasteiger partial charge in [0.2, 0.25) is 11.8 Å². The second-order valence-corrected chi connectivity index (χ2v) is 5.42. The third-order valence-corrected chi connectivity index (χ3v) is 3.93. The van der Waals surface area contributed by atoms with Crippen LogP contribution in [0.3, 0.4) is 0 Å². The van der Waals surface area contributed by atoms with Crippen molar-refractivity contribution in [2.45, 2.75) is 45.1 Å². The van der Waals surface area contributed by atoms with Gasteiger partial charge in [-0.1, -0.05) is 12.8 Å². The van der Waals surface area contributed by atoms with Crippen LogP contribution in [0.25, 0.3) is 0 Å². The Morgan fingerprint density at radius 1 is 1.35 bits per heavy atom. The average Bonchev–Trinajstić information content (AvgIpc) is 2.65. The number of fused-ring (bicyclic) bond motifs is 1. The molecule has 6 heteroatoms. The van der Waals surface area contributed by atoms with E-state index in [1.165, 1.54) is 4.90 Å². The normalized spacial score (nSPS) is 26.9. The molecule has 0 spiro atoms. The van der Waals surface area contributed by atoms with E-state index in [1.807, 2.05) is 0 Å². The highest BCUT2D eigenvalue weighted by Gasteiger charge is 2.48. The lowest BCUT2D eigenvalue weighted by Crippen LogP contribution is -2.38. The maximum atomic E-state index is 12.2. The SMILES string of the molecule is CC(CN1C(=O)C2CCCCC2C1=O)OC(=O)CC#N. The topological polar surface area (TPSA) is 87.5 Å². The van der Waals surface area contributed by atoms with E-state index < -0.39 is 12.1 Å². The van der Waals surface area contributed by atoms with Crippen LogP contribution in [0.4, 0.5) is 0 Å². The minimum Gasteiger partial charge on any atom is -0.460 e. The highest BCUT2D eigenvalue weighted by atomic mass is 16.5. The van der Waals surface area contributed by atoms with Crippen molar-refractivity contribution in [2.75, 3.05) is 6.54 Å². The summed E-state index contributed by atoms with van der Waals surface area (Å²) < 4.78 is 5.00. The van der Waals surface area contributed by atoms with Crippen LogP contribution in [0.5, 0.6) is 0 Å². The van der Waals surface area contributed by atoms with E-state index in [-0.39, 0.29) is 36.6 Å². The van der Waals surface area contributed by atoms with Gasteiger partial charge < -0.3 is 4.74 Å². The Labute approximate surface area is 117 Å². The zero-order chi connectivity index (χ0) is 14.7. The van der Waals surface area contributed by atoms with Crippen molar-refractivity contribution in [1.29, 1.82) is 5.26 Å². The Hall–Kier alpha value is -1.90. The molecule has 1 saturated carbocycles. The van der Waals surface area contributed by atoms with Gasteiger partial charge in [-0.25, -0.2) is 0 Å². The minimum atomic E-state index is -0.628. The number of hydrogen-bond donors (Lipinski definition) is 0. The Bertz CT molecular complexity index is 444. The highest BCUT2D eigenvalue weighted by Crippen LogP contribution is 2.38. The number of imide groups is 1. The number of carbonyl (C=O) groups excluding carboxylic acids is 3. The lowest BCUT2D eigenvalue weighted by atomic mass is 9.81. The molecule has 0 bridgehead atoms. The molecule has 3 unspecified atom stereocenters. The van der Waals surface area contributed by atoms with Crippen LogP contribution < -0.4 is 0 Å². The third kappa shape index (κ3) is 2.82. The summed E-state index contributed by atoms with van der Waals surface area (Å²) >= 11 is 0. The van der Waals surface area contributed by atoms with E-state index >= 15 is 0 Å².